The van der Waals surface area contributed by atoms with E-state index in [1.165, 1.54) is 27.6 Å². The molecule has 0 radical (unpaired) electrons. The van der Waals surface area contributed by atoms with Gasteiger partial charge in [-0.1, -0.05) is 60.7 Å². The van der Waals surface area contributed by atoms with Crippen LogP contribution >= 0.6 is 0 Å². The van der Waals surface area contributed by atoms with Crippen LogP contribution in [0.25, 0.3) is 10.8 Å². The largest absolute Gasteiger partial charge is 0.388 e. The first-order valence-electron chi connectivity index (χ1n) is 6.61. The zero-order valence-electron chi connectivity index (χ0n) is 11.1. The lowest BCUT2D eigenvalue weighted by atomic mass is 9.98. The molecule has 0 spiro atoms. The normalized spacial score (nSPS) is 10.6. The van der Waals surface area contributed by atoms with Gasteiger partial charge >= 0.3 is 0 Å². The van der Waals surface area contributed by atoms with Crippen LogP contribution in [0.2, 0.25) is 0 Å². The first-order chi connectivity index (χ1) is 9.38. The Morgan fingerprint density at radius 2 is 1.47 bits per heavy atom. The van der Waals surface area contributed by atoms with E-state index in [0.717, 1.165) is 6.42 Å². The van der Waals surface area contributed by atoms with E-state index in [1.807, 2.05) is 7.05 Å². The van der Waals surface area contributed by atoms with Crippen LogP contribution in [-0.4, -0.2) is 7.05 Å². The summed E-state index contributed by atoms with van der Waals surface area (Å²) in [5, 5.41) is 5.88. The van der Waals surface area contributed by atoms with Gasteiger partial charge in [-0.25, -0.2) is 0 Å². The zero-order chi connectivity index (χ0) is 13.1. The number of benzene rings is 3. The van der Waals surface area contributed by atoms with Crippen molar-refractivity contribution in [2.45, 2.75) is 6.42 Å². The molecule has 0 aliphatic heterocycles. The van der Waals surface area contributed by atoms with Gasteiger partial charge in [0.25, 0.3) is 0 Å². The standard InChI is InChI=1S/C18H17N/c1-19-18-12-6-10-16-15(9-5-11-17(16)18)13-14-7-3-2-4-8-14/h2-12,19H,13H2,1H3. The third kappa shape index (κ3) is 2.32. The van der Waals surface area contributed by atoms with Gasteiger partial charge < -0.3 is 5.32 Å². The predicted octanol–water partition coefficient (Wildman–Crippen LogP) is 4.47. The molecule has 0 aromatic heterocycles. The van der Waals surface area contributed by atoms with Gasteiger partial charge in [-0.05, 0) is 29.0 Å². The summed E-state index contributed by atoms with van der Waals surface area (Å²) in [4.78, 5) is 0. The van der Waals surface area contributed by atoms with Crippen LogP contribution in [0, 0.1) is 0 Å². The van der Waals surface area contributed by atoms with Gasteiger partial charge in [0.05, 0.1) is 0 Å². The molecule has 3 aromatic rings. The van der Waals surface area contributed by atoms with Crippen molar-refractivity contribution in [3.05, 3.63) is 77.9 Å². The molecule has 0 amide bonds. The Balaban J connectivity index is 2.09. The van der Waals surface area contributed by atoms with Crippen molar-refractivity contribution in [3.63, 3.8) is 0 Å². The van der Waals surface area contributed by atoms with Crippen molar-refractivity contribution in [3.8, 4) is 0 Å². The zero-order valence-corrected chi connectivity index (χ0v) is 11.1. The highest BCUT2D eigenvalue weighted by Crippen LogP contribution is 2.27. The minimum Gasteiger partial charge on any atom is -0.388 e. The summed E-state index contributed by atoms with van der Waals surface area (Å²) in [6, 6.07) is 23.6. The fraction of sp³-hybridized carbons (Fsp3) is 0.111. The molecule has 1 N–H and O–H groups in total. The van der Waals surface area contributed by atoms with Crippen LogP contribution in [0.1, 0.15) is 11.1 Å². The summed E-state index contributed by atoms with van der Waals surface area (Å²) >= 11 is 0. The molecule has 0 saturated carbocycles. The van der Waals surface area contributed by atoms with Crippen LogP contribution in [0.15, 0.2) is 66.7 Å². The smallest absolute Gasteiger partial charge is 0.0417 e. The van der Waals surface area contributed by atoms with Gasteiger partial charge in [-0.2, -0.15) is 0 Å². The highest BCUT2D eigenvalue weighted by atomic mass is 14.8. The molecule has 0 bridgehead atoms. The van der Waals surface area contributed by atoms with E-state index in [1.54, 1.807) is 0 Å². The quantitative estimate of drug-likeness (QED) is 0.720. The minimum absolute atomic E-state index is 0.978. The monoisotopic (exact) mass is 247 g/mol. The molecule has 0 fully saturated rings. The van der Waals surface area contributed by atoms with Gasteiger partial charge in [0.2, 0.25) is 0 Å². The summed E-state index contributed by atoms with van der Waals surface area (Å²) in [7, 11) is 1.97. The summed E-state index contributed by atoms with van der Waals surface area (Å²) in [6.45, 7) is 0. The van der Waals surface area contributed by atoms with E-state index in [-0.39, 0.29) is 0 Å². The Hall–Kier alpha value is -2.28. The van der Waals surface area contributed by atoms with E-state index in [4.69, 9.17) is 0 Å². The van der Waals surface area contributed by atoms with Crippen molar-refractivity contribution in [2.75, 3.05) is 12.4 Å². The molecule has 1 nitrogen and oxygen atoms in total. The second-order valence-electron chi connectivity index (χ2n) is 4.73. The third-order valence-electron chi connectivity index (χ3n) is 3.52. The van der Waals surface area contributed by atoms with Gasteiger partial charge in [-0.15, -0.1) is 0 Å². The van der Waals surface area contributed by atoms with E-state index in [2.05, 4.69) is 72.0 Å². The minimum atomic E-state index is 0.978. The molecular formula is C18H17N. The molecule has 1 heteroatoms. The van der Waals surface area contributed by atoms with E-state index in [0.29, 0.717) is 0 Å². The maximum Gasteiger partial charge on any atom is 0.0417 e. The molecular weight excluding hydrogens is 230 g/mol. The predicted molar refractivity (Wildman–Crippen MR) is 82.7 cm³/mol. The average molecular weight is 247 g/mol. The number of anilines is 1. The molecule has 0 atom stereocenters. The van der Waals surface area contributed by atoms with Gasteiger partial charge in [0.15, 0.2) is 0 Å². The van der Waals surface area contributed by atoms with Crippen molar-refractivity contribution in [2.24, 2.45) is 0 Å². The Morgan fingerprint density at radius 1 is 0.737 bits per heavy atom. The summed E-state index contributed by atoms with van der Waals surface area (Å²) in [5.41, 5.74) is 3.91. The van der Waals surface area contributed by atoms with E-state index < -0.39 is 0 Å². The van der Waals surface area contributed by atoms with Crippen molar-refractivity contribution in [1.29, 1.82) is 0 Å². The highest BCUT2D eigenvalue weighted by Gasteiger charge is 2.04. The molecule has 3 aromatic carbocycles. The molecule has 0 aliphatic rings. The van der Waals surface area contributed by atoms with E-state index in [9.17, 15) is 0 Å². The van der Waals surface area contributed by atoms with Crippen molar-refractivity contribution < 1.29 is 0 Å². The van der Waals surface area contributed by atoms with Gasteiger partial charge in [0, 0.05) is 18.1 Å². The fourth-order valence-electron chi connectivity index (χ4n) is 2.56. The molecule has 0 aliphatic carbocycles. The maximum absolute atomic E-state index is 3.26. The van der Waals surface area contributed by atoms with Crippen LogP contribution in [0.4, 0.5) is 5.69 Å². The summed E-state index contributed by atoms with van der Waals surface area (Å²) in [6.07, 6.45) is 0.978. The van der Waals surface area contributed by atoms with Gasteiger partial charge in [0.1, 0.15) is 0 Å². The molecule has 19 heavy (non-hydrogen) atoms. The SMILES string of the molecule is CNc1cccc2c(Cc3ccccc3)cccc12. The topological polar surface area (TPSA) is 12.0 Å². The van der Waals surface area contributed by atoms with Crippen LogP contribution < -0.4 is 5.32 Å². The van der Waals surface area contributed by atoms with Crippen molar-refractivity contribution >= 4 is 16.5 Å². The average Bonchev–Trinajstić information content (AvgIpc) is 2.48. The first-order valence-corrected chi connectivity index (χ1v) is 6.61. The number of fused-ring (bicyclic) bond motifs is 1. The Bertz CT molecular complexity index is 686. The Morgan fingerprint density at radius 3 is 2.26 bits per heavy atom. The fourth-order valence-corrected chi connectivity index (χ4v) is 2.56. The maximum atomic E-state index is 3.26. The first kappa shape index (κ1) is 11.8. The molecule has 94 valence electrons. The van der Waals surface area contributed by atoms with Crippen molar-refractivity contribution in [1.82, 2.24) is 0 Å². The summed E-state index contributed by atoms with van der Waals surface area (Å²) < 4.78 is 0. The number of nitrogens with one attached hydrogen (secondary N) is 1. The lowest BCUT2D eigenvalue weighted by Gasteiger charge is -2.10. The van der Waals surface area contributed by atoms with Gasteiger partial charge in [-0.3, -0.25) is 0 Å². The summed E-state index contributed by atoms with van der Waals surface area (Å²) in [5.74, 6) is 0. The molecule has 0 heterocycles. The number of hydrogen-bond donors (Lipinski definition) is 1. The Labute approximate surface area is 113 Å². The molecule has 3 rings (SSSR count). The number of hydrogen-bond acceptors (Lipinski definition) is 1. The Kier molecular flexibility index (Phi) is 3.20. The second kappa shape index (κ2) is 5.15. The van der Waals surface area contributed by atoms with E-state index >= 15 is 0 Å². The molecule has 0 unspecified atom stereocenters. The van der Waals surface area contributed by atoms with Crippen LogP contribution in [-0.2, 0) is 6.42 Å². The lowest BCUT2D eigenvalue weighted by molar-refractivity contribution is 1.21. The highest BCUT2D eigenvalue weighted by molar-refractivity contribution is 5.96. The third-order valence-corrected chi connectivity index (χ3v) is 3.52. The van der Waals surface area contributed by atoms with Crippen LogP contribution in [0.5, 0.6) is 0 Å². The number of rotatable bonds is 3. The van der Waals surface area contributed by atoms with Crippen LogP contribution in [0.3, 0.4) is 0 Å². The lowest BCUT2D eigenvalue weighted by Crippen LogP contribution is -1.93. The molecule has 0 saturated heterocycles. The second-order valence-corrected chi connectivity index (χ2v) is 4.73.